The van der Waals surface area contributed by atoms with E-state index in [1.807, 2.05) is 13.0 Å². The van der Waals surface area contributed by atoms with Gasteiger partial charge in [0.25, 0.3) is 0 Å². The van der Waals surface area contributed by atoms with E-state index >= 15 is 0 Å². The van der Waals surface area contributed by atoms with Crippen molar-refractivity contribution in [2.45, 2.75) is 46.1 Å². The normalized spacial score (nSPS) is 12.0. The Bertz CT molecular complexity index is 434. The predicted octanol–water partition coefficient (Wildman–Crippen LogP) is 2.46. The summed E-state index contributed by atoms with van der Waals surface area (Å²) in [6.45, 7) is 8.32. The summed E-state index contributed by atoms with van der Waals surface area (Å²) in [7, 11) is 0. The van der Waals surface area contributed by atoms with Gasteiger partial charge in [0.2, 0.25) is 5.91 Å². The molecular formula is C17H29N3O. The van der Waals surface area contributed by atoms with Gasteiger partial charge in [0.05, 0.1) is 0 Å². The van der Waals surface area contributed by atoms with Crippen molar-refractivity contribution in [2.24, 2.45) is 5.73 Å². The van der Waals surface area contributed by atoms with Crippen molar-refractivity contribution in [3.63, 3.8) is 0 Å². The lowest BCUT2D eigenvalue weighted by atomic mass is 10.1. The van der Waals surface area contributed by atoms with Crippen molar-refractivity contribution in [1.29, 1.82) is 0 Å². The third kappa shape index (κ3) is 5.76. The molecule has 4 nitrogen and oxygen atoms in total. The lowest BCUT2D eigenvalue weighted by molar-refractivity contribution is -0.122. The van der Waals surface area contributed by atoms with E-state index in [-0.39, 0.29) is 11.9 Å². The lowest BCUT2D eigenvalue weighted by Gasteiger charge is -2.30. The van der Waals surface area contributed by atoms with Gasteiger partial charge in [-0.3, -0.25) is 4.79 Å². The second-order valence-corrected chi connectivity index (χ2v) is 5.50. The van der Waals surface area contributed by atoms with E-state index < -0.39 is 0 Å². The maximum Gasteiger partial charge on any atom is 0.242 e. The summed E-state index contributed by atoms with van der Waals surface area (Å²) < 4.78 is 0. The maximum atomic E-state index is 12.3. The molecule has 0 aliphatic rings. The average molecular weight is 291 g/mol. The number of nitrogens with one attached hydrogen (secondary N) is 1. The van der Waals surface area contributed by atoms with Gasteiger partial charge >= 0.3 is 0 Å². The number of benzene rings is 1. The van der Waals surface area contributed by atoms with Crippen LogP contribution < -0.4 is 16.0 Å². The van der Waals surface area contributed by atoms with Crippen LogP contribution in [0.1, 0.15) is 38.7 Å². The minimum atomic E-state index is -0.185. The maximum absolute atomic E-state index is 12.3. The van der Waals surface area contributed by atoms with Gasteiger partial charge in [-0.25, -0.2) is 0 Å². The molecule has 118 valence electrons. The highest BCUT2D eigenvalue weighted by Crippen LogP contribution is 2.19. The van der Waals surface area contributed by atoms with E-state index in [0.717, 1.165) is 38.0 Å². The predicted molar refractivity (Wildman–Crippen MR) is 89.6 cm³/mol. The molecule has 0 saturated heterocycles. The third-order valence-corrected chi connectivity index (χ3v) is 3.61. The van der Waals surface area contributed by atoms with Gasteiger partial charge in [-0.2, -0.15) is 0 Å². The van der Waals surface area contributed by atoms with Crippen LogP contribution in [0.2, 0.25) is 0 Å². The van der Waals surface area contributed by atoms with E-state index in [4.69, 9.17) is 5.73 Å². The molecule has 1 amide bonds. The molecule has 0 aromatic heterocycles. The Morgan fingerprint density at radius 1 is 1.38 bits per heavy atom. The van der Waals surface area contributed by atoms with Crippen LogP contribution in [0.5, 0.6) is 0 Å². The first-order chi connectivity index (χ1) is 10.1. The molecule has 0 aliphatic carbocycles. The van der Waals surface area contributed by atoms with Crippen LogP contribution in [0, 0.1) is 6.92 Å². The molecule has 0 aliphatic heterocycles. The number of carbonyl (C=O) groups is 1. The first-order valence-electron chi connectivity index (χ1n) is 7.91. The quantitative estimate of drug-likeness (QED) is 0.687. The molecular weight excluding hydrogens is 262 g/mol. The SMILES string of the molecule is CCCCNC(=O)C(C)N(CCCN)c1cccc(C)c1. The molecule has 3 N–H and O–H groups in total. The molecule has 0 bridgehead atoms. The van der Waals surface area contributed by atoms with Crippen LogP contribution in [-0.2, 0) is 4.79 Å². The highest BCUT2D eigenvalue weighted by atomic mass is 16.2. The van der Waals surface area contributed by atoms with Gasteiger partial charge in [0, 0.05) is 18.8 Å². The molecule has 0 fully saturated rings. The monoisotopic (exact) mass is 291 g/mol. The number of amides is 1. The summed E-state index contributed by atoms with van der Waals surface area (Å²) in [4.78, 5) is 14.4. The van der Waals surface area contributed by atoms with E-state index in [2.05, 4.69) is 42.3 Å². The zero-order valence-electron chi connectivity index (χ0n) is 13.6. The van der Waals surface area contributed by atoms with Crippen molar-refractivity contribution in [3.05, 3.63) is 29.8 Å². The summed E-state index contributed by atoms with van der Waals surface area (Å²) in [5.74, 6) is 0.0852. The number of nitrogens with two attached hydrogens (primary N) is 1. The Balaban J connectivity index is 2.78. The molecule has 0 spiro atoms. The summed E-state index contributed by atoms with van der Waals surface area (Å²) in [5, 5.41) is 3.01. The molecule has 0 heterocycles. The van der Waals surface area contributed by atoms with Crippen molar-refractivity contribution in [2.75, 3.05) is 24.5 Å². The highest BCUT2D eigenvalue weighted by Gasteiger charge is 2.21. The largest absolute Gasteiger partial charge is 0.360 e. The van der Waals surface area contributed by atoms with Gasteiger partial charge in [-0.1, -0.05) is 25.5 Å². The Hall–Kier alpha value is -1.55. The van der Waals surface area contributed by atoms with E-state index in [9.17, 15) is 4.79 Å². The fourth-order valence-electron chi connectivity index (χ4n) is 2.29. The molecule has 0 radical (unpaired) electrons. The van der Waals surface area contributed by atoms with Crippen molar-refractivity contribution < 1.29 is 4.79 Å². The molecule has 1 aromatic rings. The minimum Gasteiger partial charge on any atom is -0.360 e. The molecule has 1 rings (SSSR count). The molecule has 21 heavy (non-hydrogen) atoms. The van der Waals surface area contributed by atoms with Crippen molar-refractivity contribution in [1.82, 2.24) is 5.32 Å². The van der Waals surface area contributed by atoms with Gasteiger partial charge in [-0.15, -0.1) is 0 Å². The third-order valence-electron chi connectivity index (χ3n) is 3.61. The van der Waals surface area contributed by atoms with Gasteiger partial charge in [0.1, 0.15) is 6.04 Å². The smallest absolute Gasteiger partial charge is 0.242 e. The standard InChI is InChI=1S/C17H29N3O/c1-4-5-11-19-17(21)15(3)20(12-7-10-18)16-9-6-8-14(2)13-16/h6,8-9,13,15H,4-5,7,10-12,18H2,1-3H3,(H,19,21). The van der Waals surface area contributed by atoms with Crippen molar-refractivity contribution in [3.8, 4) is 0 Å². The first kappa shape index (κ1) is 17.5. The zero-order valence-corrected chi connectivity index (χ0v) is 13.6. The van der Waals surface area contributed by atoms with Crippen LogP contribution >= 0.6 is 0 Å². The topological polar surface area (TPSA) is 58.4 Å². The van der Waals surface area contributed by atoms with Crippen LogP contribution in [0.15, 0.2) is 24.3 Å². The summed E-state index contributed by atoms with van der Waals surface area (Å²) in [5.41, 5.74) is 7.91. The fourth-order valence-corrected chi connectivity index (χ4v) is 2.29. The Kier molecular flexibility index (Phi) is 7.83. The van der Waals surface area contributed by atoms with Crippen molar-refractivity contribution >= 4 is 11.6 Å². The number of rotatable bonds is 9. The second-order valence-electron chi connectivity index (χ2n) is 5.50. The van der Waals surface area contributed by atoms with Crippen LogP contribution in [0.25, 0.3) is 0 Å². The minimum absolute atomic E-state index is 0.0852. The van der Waals surface area contributed by atoms with Crippen LogP contribution in [-0.4, -0.2) is 31.6 Å². The number of hydrogen-bond acceptors (Lipinski definition) is 3. The number of carbonyl (C=O) groups excluding carboxylic acids is 1. The van der Waals surface area contributed by atoms with E-state index in [1.165, 1.54) is 5.56 Å². The zero-order chi connectivity index (χ0) is 15.7. The summed E-state index contributed by atoms with van der Waals surface area (Å²) >= 11 is 0. The van der Waals surface area contributed by atoms with Gasteiger partial charge in [0.15, 0.2) is 0 Å². The molecule has 4 heteroatoms. The van der Waals surface area contributed by atoms with E-state index in [0.29, 0.717) is 6.54 Å². The van der Waals surface area contributed by atoms with Gasteiger partial charge in [-0.05, 0) is 50.9 Å². The summed E-state index contributed by atoms with van der Waals surface area (Å²) in [6.07, 6.45) is 2.98. The highest BCUT2D eigenvalue weighted by molar-refractivity contribution is 5.84. The number of unbranched alkanes of at least 4 members (excludes halogenated alkanes) is 1. The molecule has 1 aromatic carbocycles. The summed E-state index contributed by atoms with van der Waals surface area (Å²) in [6, 6.07) is 8.08. The number of aryl methyl sites for hydroxylation is 1. The first-order valence-corrected chi connectivity index (χ1v) is 7.91. The Morgan fingerprint density at radius 3 is 2.76 bits per heavy atom. The fraction of sp³-hybridized carbons (Fsp3) is 0.588. The Morgan fingerprint density at radius 2 is 2.14 bits per heavy atom. The number of hydrogen-bond donors (Lipinski definition) is 2. The number of anilines is 1. The molecule has 1 unspecified atom stereocenters. The van der Waals surface area contributed by atoms with E-state index in [1.54, 1.807) is 0 Å². The second kappa shape index (κ2) is 9.40. The molecule has 0 saturated carbocycles. The molecule has 1 atom stereocenters. The van der Waals surface area contributed by atoms with Crippen LogP contribution in [0.4, 0.5) is 5.69 Å². The lowest BCUT2D eigenvalue weighted by Crippen LogP contribution is -2.46. The average Bonchev–Trinajstić information content (AvgIpc) is 2.47. The van der Waals surface area contributed by atoms with Crippen LogP contribution in [0.3, 0.4) is 0 Å². The van der Waals surface area contributed by atoms with Gasteiger partial charge < -0.3 is 16.0 Å². The number of nitrogens with zero attached hydrogens (tertiary/aromatic N) is 1. The Labute approximate surface area is 128 Å².